The van der Waals surface area contributed by atoms with Gasteiger partial charge < -0.3 is 10.2 Å². The van der Waals surface area contributed by atoms with Crippen molar-refractivity contribution < 1.29 is 4.79 Å². The summed E-state index contributed by atoms with van der Waals surface area (Å²) < 4.78 is 0.823. The maximum Gasteiger partial charge on any atom is 0.217 e. The minimum Gasteiger partial charge on any atom is -0.354 e. The van der Waals surface area contributed by atoms with E-state index >= 15 is 0 Å². The molecule has 19 heavy (non-hydrogen) atoms. The highest BCUT2D eigenvalue weighted by molar-refractivity contribution is 9.10. The third kappa shape index (κ3) is 3.89. The van der Waals surface area contributed by atoms with Gasteiger partial charge in [0.05, 0.1) is 0 Å². The molecule has 1 aromatic rings. The van der Waals surface area contributed by atoms with E-state index in [1.165, 1.54) is 0 Å². The van der Waals surface area contributed by atoms with Crippen molar-refractivity contribution in [3.05, 3.63) is 16.5 Å². The average Bonchev–Trinajstić information content (AvgIpc) is 2.76. The fraction of sp³-hybridized carbons (Fsp3) is 0.615. The van der Waals surface area contributed by atoms with E-state index in [1.807, 2.05) is 6.07 Å². The Bertz CT molecular complexity index is 466. The smallest absolute Gasteiger partial charge is 0.217 e. The Morgan fingerprint density at radius 3 is 3.05 bits per heavy atom. The van der Waals surface area contributed by atoms with Gasteiger partial charge in [-0.05, 0) is 28.8 Å². The van der Waals surface area contributed by atoms with Crippen LogP contribution in [0.2, 0.25) is 0 Å². The molecule has 0 saturated carbocycles. The van der Waals surface area contributed by atoms with Gasteiger partial charge in [0.1, 0.15) is 16.2 Å². The topological polar surface area (TPSA) is 58.1 Å². The van der Waals surface area contributed by atoms with Gasteiger partial charge in [-0.1, -0.05) is 6.92 Å². The molecule has 0 spiro atoms. The minimum atomic E-state index is 0.0300. The summed E-state index contributed by atoms with van der Waals surface area (Å²) in [6.45, 7) is 5.41. The van der Waals surface area contributed by atoms with Crippen LogP contribution in [0.25, 0.3) is 0 Å². The van der Waals surface area contributed by atoms with E-state index in [4.69, 9.17) is 0 Å². The molecule has 1 N–H and O–H groups in total. The standard InChI is InChI=1S/C13H19BrN4O/c1-3-4-12-16-11(14)7-13(17-12)18-6-5-10(8-18)15-9(2)19/h7,10H,3-6,8H2,1-2H3,(H,15,19). The van der Waals surface area contributed by atoms with Gasteiger partial charge in [-0.15, -0.1) is 0 Å². The molecule has 0 radical (unpaired) electrons. The van der Waals surface area contributed by atoms with Crippen LogP contribution in [0.5, 0.6) is 0 Å². The van der Waals surface area contributed by atoms with Crippen LogP contribution >= 0.6 is 15.9 Å². The lowest BCUT2D eigenvalue weighted by Crippen LogP contribution is -2.35. The first-order chi connectivity index (χ1) is 9.08. The first kappa shape index (κ1) is 14.2. The van der Waals surface area contributed by atoms with Crippen molar-refractivity contribution >= 4 is 27.7 Å². The number of carbonyl (C=O) groups excluding carboxylic acids is 1. The molecule has 1 saturated heterocycles. The Hall–Kier alpha value is -1.17. The largest absolute Gasteiger partial charge is 0.354 e. The van der Waals surface area contributed by atoms with Crippen LogP contribution in [0, 0.1) is 0 Å². The highest BCUT2D eigenvalue weighted by atomic mass is 79.9. The van der Waals surface area contributed by atoms with Gasteiger partial charge in [-0.2, -0.15) is 0 Å². The van der Waals surface area contributed by atoms with Gasteiger partial charge in [0.15, 0.2) is 0 Å². The highest BCUT2D eigenvalue weighted by Crippen LogP contribution is 2.21. The number of nitrogens with zero attached hydrogens (tertiary/aromatic N) is 3. The van der Waals surface area contributed by atoms with Crippen LogP contribution in [-0.2, 0) is 11.2 Å². The Kier molecular flexibility index (Phi) is 4.74. The third-order valence-corrected chi connectivity index (χ3v) is 3.53. The van der Waals surface area contributed by atoms with Gasteiger partial charge >= 0.3 is 0 Å². The van der Waals surface area contributed by atoms with Crippen molar-refractivity contribution in [3.63, 3.8) is 0 Å². The van der Waals surface area contributed by atoms with Gasteiger partial charge in [-0.3, -0.25) is 4.79 Å². The number of hydrogen-bond donors (Lipinski definition) is 1. The quantitative estimate of drug-likeness (QED) is 0.859. The number of nitrogens with one attached hydrogen (secondary N) is 1. The number of aromatic nitrogens is 2. The molecule has 0 bridgehead atoms. The summed E-state index contributed by atoms with van der Waals surface area (Å²) in [4.78, 5) is 22.2. The van der Waals surface area contributed by atoms with Crippen molar-refractivity contribution in [2.45, 2.75) is 39.2 Å². The second-order valence-corrected chi connectivity index (χ2v) is 5.66. The molecule has 0 aromatic carbocycles. The molecule has 1 atom stereocenters. The zero-order valence-corrected chi connectivity index (χ0v) is 12.9. The number of amides is 1. The minimum absolute atomic E-state index is 0.0300. The van der Waals surface area contributed by atoms with E-state index in [1.54, 1.807) is 6.92 Å². The number of rotatable bonds is 4. The van der Waals surface area contributed by atoms with Crippen molar-refractivity contribution in [3.8, 4) is 0 Å². The van der Waals surface area contributed by atoms with Crippen LogP contribution in [0.1, 0.15) is 32.5 Å². The zero-order chi connectivity index (χ0) is 13.8. The molecule has 1 amide bonds. The Labute approximate surface area is 121 Å². The Balaban J connectivity index is 2.08. The van der Waals surface area contributed by atoms with Gasteiger partial charge in [0, 0.05) is 38.5 Å². The molecular weight excluding hydrogens is 308 g/mol. The highest BCUT2D eigenvalue weighted by Gasteiger charge is 2.24. The predicted molar refractivity (Wildman–Crippen MR) is 78.2 cm³/mol. The van der Waals surface area contributed by atoms with Crippen LogP contribution in [-0.4, -0.2) is 35.0 Å². The molecule has 1 aliphatic rings. The van der Waals surface area contributed by atoms with Gasteiger partial charge in [0.2, 0.25) is 5.91 Å². The third-order valence-electron chi connectivity index (χ3n) is 3.12. The maximum atomic E-state index is 11.1. The van der Waals surface area contributed by atoms with Crippen LogP contribution in [0.15, 0.2) is 10.7 Å². The van der Waals surface area contributed by atoms with Crippen molar-refractivity contribution in [2.75, 3.05) is 18.0 Å². The lowest BCUT2D eigenvalue weighted by molar-refractivity contribution is -0.119. The molecule has 2 heterocycles. The zero-order valence-electron chi connectivity index (χ0n) is 11.3. The number of halogens is 1. The second kappa shape index (κ2) is 6.32. The van der Waals surface area contributed by atoms with Crippen LogP contribution in [0.3, 0.4) is 0 Å². The summed E-state index contributed by atoms with van der Waals surface area (Å²) in [5.74, 6) is 1.84. The molecule has 6 heteroatoms. The summed E-state index contributed by atoms with van der Waals surface area (Å²) >= 11 is 3.44. The summed E-state index contributed by atoms with van der Waals surface area (Å²) in [6.07, 6.45) is 2.88. The number of hydrogen-bond acceptors (Lipinski definition) is 4. The molecular formula is C13H19BrN4O. The second-order valence-electron chi connectivity index (χ2n) is 4.85. The molecule has 0 aliphatic carbocycles. The lowest BCUT2D eigenvalue weighted by atomic mass is 10.2. The molecule has 2 rings (SSSR count). The first-order valence-corrected chi connectivity index (χ1v) is 7.43. The number of carbonyl (C=O) groups is 1. The Morgan fingerprint density at radius 2 is 2.37 bits per heavy atom. The summed E-state index contributed by atoms with van der Waals surface area (Å²) in [5, 5.41) is 2.96. The molecule has 1 aliphatic heterocycles. The molecule has 1 fully saturated rings. The molecule has 1 aromatic heterocycles. The normalized spacial score (nSPS) is 18.7. The van der Waals surface area contributed by atoms with E-state index in [0.29, 0.717) is 0 Å². The first-order valence-electron chi connectivity index (χ1n) is 6.64. The fourth-order valence-corrected chi connectivity index (χ4v) is 2.73. The molecule has 5 nitrogen and oxygen atoms in total. The van der Waals surface area contributed by atoms with Crippen LogP contribution < -0.4 is 10.2 Å². The van der Waals surface area contributed by atoms with Crippen LogP contribution in [0.4, 0.5) is 5.82 Å². The lowest BCUT2D eigenvalue weighted by Gasteiger charge is -2.18. The monoisotopic (exact) mass is 326 g/mol. The number of anilines is 1. The van der Waals surface area contributed by atoms with E-state index < -0.39 is 0 Å². The number of aryl methyl sites for hydroxylation is 1. The van der Waals surface area contributed by atoms with E-state index in [0.717, 1.165) is 48.6 Å². The maximum absolute atomic E-state index is 11.1. The Morgan fingerprint density at radius 1 is 1.58 bits per heavy atom. The molecule has 104 valence electrons. The summed E-state index contributed by atoms with van der Waals surface area (Å²) in [7, 11) is 0. The SMILES string of the molecule is CCCc1nc(Br)cc(N2CCC(NC(C)=O)C2)n1. The van der Waals surface area contributed by atoms with Gasteiger partial charge in [-0.25, -0.2) is 9.97 Å². The van der Waals surface area contributed by atoms with Crippen molar-refractivity contribution in [1.29, 1.82) is 0 Å². The van der Waals surface area contributed by atoms with E-state index in [2.05, 4.69) is 43.0 Å². The van der Waals surface area contributed by atoms with Crippen molar-refractivity contribution in [2.24, 2.45) is 0 Å². The van der Waals surface area contributed by atoms with Crippen molar-refractivity contribution in [1.82, 2.24) is 15.3 Å². The van der Waals surface area contributed by atoms with E-state index in [-0.39, 0.29) is 11.9 Å². The summed E-state index contributed by atoms with van der Waals surface area (Å²) in [6, 6.07) is 2.16. The fourth-order valence-electron chi connectivity index (χ4n) is 2.32. The van der Waals surface area contributed by atoms with Gasteiger partial charge in [0.25, 0.3) is 0 Å². The average molecular weight is 327 g/mol. The van der Waals surface area contributed by atoms with E-state index in [9.17, 15) is 4.79 Å². The molecule has 1 unspecified atom stereocenters. The summed E-state index contributed by atoms with van der Waals surface area (Å²) in [5.41, 5.74) is 0. The predicted octanol–water partition coefficient (Wildman–Crippen LogP) is 1.91.